The van der Waals surface area contributed by atoms with Gasteiger partial charge in [0.2, 0.25) is 0 Å². The van der Waals surface area contributed by atoms with E-state index in [1.807, 2.05) is 0 Å². The zero-order valence-corrected chi connectivity index (χ0v) is 13.1. The number of hydrogen-bond acceptors (Lipinski definition) is 1. The average Bonchev–Trinajstić information content (AvgIpc) is 3.24. The molecule has 0 saturated heterocycles. The van der Waals surface area contributed by atoms with Crippen LogP contribution in [0.2, 0.25) is 0 Å². The van der Waals surface area contributed by atoms with Crippen molar-refractivity contribution in [3.63, 3.8) is 0 Å². The number of hydrogen-bond donors (Lipinski definition) is 0. The molecule has 0 radical (unpaired) electrons. The molecule has 5 aliphatic carbocycles. The van der Waals surface area contributed by atoms with Gasteiger partial charge >= 0.3 is 0 Å². The summed E-state index contributed by atoms with van der Waals surface area (Å²) in [5, 5.41) is 0. The first-order valence-electron chi connectivity index (χ1n) is 8.83. The average molecular weight is 292 g/mol. The van der Waals surface area contributed by atoms with Crippen LogP contribution in [0.1, 0.15) is 25.7 Å². The lowest BCUT2D eigenvalue weighted by Crippen LogP contribution is -2.39. The Morgan fingerprint density at radius 2 is 1.36 bits per heavy atom. The molecule has 8 atom stereocenters. The number of fused-ring (bicyclic) bond motifs is 1. The maximum absolute atomic E-state index is 13.8. The van der Waals surface area contributed by atoms with Crippen LogP contribution in [0.5, 0.6) is 0 Å². The van der Waals surface area contributed by atoms with E-state index >= 15 is 0 Å². The van der Waals surface area contributed by atoms with Crippen molar-refractivity contribution in [3.8, 4) is 0 Å². The van der Waals surface area contributed by atoms with Crippen molar-refractivity contribution < 1.29 is 4.79 Å². The predicted molar refractivity (Wildman–Crippen MR) is 88.0 cm³/mol. The molecule has 0 aliphatic heterocycles. The molecule has 0 heterocycles. The molecule has 0 bridgehead atoms. The lowest BCUT2D eigenvalue weighted by Gasteiger charge is -2.33. The number of rotatable bonds is 2. The number of carbonyl (C=O) groups is 1. The van der Waals surface area contributed by atoms with Crippen molar-refractivity contribution in [2.45, 2.75) is 25.7 Å². The lowest BCUT2D eigenvalue weighted by molar-refractivity contribution is -0.136. The van der Waals surface area contributed by atoms with E-state index in [2.05, 4.69) is 49.6 Å². The highest BCUT2D eigenvalue weighted by Gasteiger charge is 2.77. The van der Waals surface area contributed by atoms with Crippen molar-refractivity contribution in [1.29, 1.82) is 0 Å². The van der Waals surface area contributed by atoms with E-state index in [0.29, 0.717) is 41.3 Å². The fourth-order valence-electron chi connectivity index (χ4n) is 7.41. The van der Waals surface area contributed by atoms with Crippen LogP contribution in [0.15, 0.2) is 49.6 Å². The molecule has 114 valence electrons. The van der Waals surface area contributed by atoms with Gasteiger partial charge in [0.05, 0.1) is 0 Å². The zero-order valence-electron chi connectivity index (χ0n) is 13.1. The highest BCUT2D eigenvalue weighted by molar-refractivity contribution is 5.97. The molecule has 0 amide bonds. The highest BCUT2D eigenvalue weighted by atomic mass is 16.1. The van der Waals surface area contributed by atoms with Gasteiger partial charge in [-0.3, -0.25) is 4.79 Å². The number of carbonyl (C=O) groups excluding carboxylic acids is 1. The molecular formula is C21H24O. The van der Waals surface area contributed by atoms with E-state index in [9.17, 15) is 4.79 Å². The largest absolute Gasteiger partial charge is 0.298 e. The summed E-state index contributed by atoms with van der Waals surface area (Å²) < 4.78 is 0. The molecule has 5 rings (SSSR count). The topological polar surface area (TPSA) is 17.1 Å². The molecule has 0 aromatic rings. The van der Waals surface area contributed by atoms with Gasteiger partial charge < -0.3 is 0 Å². The maximum atomic E-state index is 13.8. The first-order valence-corrected chi connectivity index (χ1v) is 8.83. The van der Waals surface area contributed by atoms with E-state index in [1.165, 1.54) is 0 Å². The molecule has 1 nitrogen and oxygen atoms in total. The molecule has 0 N–H and O–H groups in total. The Morgan fingerprint density at radius 1 is 0.909 bits per heavy atom. The van der Waals surface area contributed by atoms with Crippen molar-refractivity contribution in [1.82, 2.24) is 0 Å². The number of allylic oxidation sites excluding steroid dienone is 6. The molecule has 1 heteroatoms. The normalized spacial score (nSPS) is 56.8. The van der Waals surface area contributed by atoms with Crippen LogP contribution in [0, 0.1) is 46.3 Å². The molecule has 5 aliphatic rings. The third kappa shape index (κ3) is 1.10. The Hall–Kier alpha value is -1.37. The zero-order chi connectivity index (χ0) is 15.1. The second-order valence-corrected chi connectivity index (χ2v) is 8.21. The molecule has 3 fully saturated rings. The van der Waals surface area contributed by atoms with Gasteiger partial charge in [0.1, 0.15) is 5.78 Å². The van der Waals surface area contributed by atoms with Crippen molar-refractivity contribution >= 4 is 5.78 Å². The van der Waals surface area contributed by atoms with Gasteiger partial charge in [-0.15, -0.1) is 13.2 Å². The maximum Gasteiger partial charge on any atom is 0.147 e. The Labute approximate surface area is 132 Å². The van der Waals surface area contributed by atoms with Crippen LogP contribution < -0.4 is 0 Å². The minimum Gasteiger partial charge on any atom is -0.298 e. The van der Waals surface area contributed by atoms with Gasteiger partial charge in [0, 0.05) is 10.8 Å². The summed E-state index contributed by atoms with van der Waals surface area (Å²) in [7, 11) is 0. The molecule has 3 saturated carbocycles. The van der Waals surface area contributed by atoms with Gasteiger partial charge in [0.15, 0.2) is 0 Å². The van der Waals surface area contributed by atoms with E-state index in [4.69, 9.17) is 0 Å². The van der Waals surface area contributed by atoms with Crippen molar-refractivity contribution in [2.75, 3.05) is 0 Å². The fourth-order valence-corrected chi connectivity index (χ4v) is 7.41. The lowest BCUT2D eigenvalue weighted by atomic mass is 9.68. The first kappa shape index (κ1) is 13.1. The Kier molecular flexibility index (Phi) is 2.34. The van der Waals surface area contributed by atoms with Gasteiger partial charge in [-0.2, -0.15) is 0 Å². The number of Topliss-reactive ketones (excluding diaryl/α,β-unsaturated/α-hetero) is 1. The van der Waals surface area contributed by atoms with Crippen molar-refractivity contribution in [3.05, 3.63) is 49.6 Å². The highest BCUT2D eigenvalue weighted by Crippen LogP contribution is 2.77. The van der Waals surface area contributed by atoms with E-state index < -0.39 is 0 Å². The summed E-state index contributed by atoms with van der Waals surface area (Å²) in [6.07, 6.45) is 17.8. The van der Waals surface area contributed by atoms with E-state index in [0.717, 1.165) is 25.7 Å². The predicted octanol–water partition coefficient (Wildman–Crippen LogP) is 4.34. The smallest absolute Gasteiger partial charge is 0.147 e. The SMILES string of the molecule is C=C[C@H]1C[C@H]2C=CC[C@]23C(=O)[C@@]24CC=C[C@@H]2C[C@H](C=C)[C@H]4[C@H]13. The fraction of sp³-hybridized carbons (Fsp3) is 0.571. The molecule has 0 aromatic carbocycles. The summed E-state index contributed by atoms with van der Waals surface area (Å²) in [6, 6.07) is 0. The third-order valence-electron chi connectivity index (χ3n) is 7.97. The second kappa shape index (κ2) is 3.93. The summed E-state index contributed by atoms with van der Waals surface area (Å²) in [4.78, 5) is 13.8. The van der Waals surface area contributed by atoms with Crippen LogP contribution in [-0.2, 0) is 4.79 Å². The molecule has 22 heavy (non-hydrogen) atoms. The van der Waals surface area contributed by atoms with Gasteiger partial charge in [0.25, 0.3) is 0 Å². The monoisotopic (exact) mass is 292 g/mol. The van der Waals surface area contributed by atoms with Crippen LogP contribution in [0.4, 0.5) is 0 Å². The Balaban J connectivity index is 1.73. The van der Waals surface area contributed by atoms with Crippen molar-refractivity contribution in [2.24, 2.45) is 46.3 Å². The third-order valence-corrected chi connectivity index (χ3v) is 7.97. The molecule has 0 unspecified atom stereocenters. The van der Waals surface area contributed by atoms with Gasteiger partial charge in [-0.25, -0.2) is 0 Å². The van der Waals surface area contributed by atoms with Gasteiger partial charge in [-0.05, 0) is 61.2 Å². The molecule has 0 aromatic heterocycles. The Morgan fingerprint density at radius 3 is 1.77 bits per heavy atom. The minimum atomic E-state index is -0.102. The number of ketones is 1. The summed E-state index contributed by atoms with van der Waals surface area (Å²) >= 11 is 0. The molecular weight excluding hydrogens is 268 g/mol. The van der Waals surface area contributed by atoms with Crippen LogP contribution >= 0.6 is 0 Å². The molecule has 2 spiro atoms. The van der Waals surface area contributed by atoms with Crippen LogP contribution in [0.25, 0.3) is 0 Å². The van der Waals surface area contributed by atoms with Gasteiger partial charge in [-0.1, -0.05) is 36.5 Å². The summed E-state index contributed by atoms with van der Waals surface area (Å²) in [5.41, 5.74) is -0.203. The second-order valence-electron chi connectivity index (χ2n) is 8.21. The summed E-state index contributed by atoms with van der Waals surface area (Å²) in [6.45, 7) is 8.25. The van der Waals surface area contributed by atoms with E-state index in [-0.39, 0.29) is 10.8 Å². The van der Waals surface area contributed by atoms with E-state index in [1.54, 1.807) is 0 Å². The van der Waals surface area contributed by atoms with Crippen LogP contribution in [0.3, 0.4) is 0 Å². The summed E-state index contributed by atoms with van der Waals surface area (Å²) in [5.74, 6) is 3.51. The first-order chi connectivity index (χ1) is 10.7. The van der Waals surface area contributed by atoms with Crippen LogP contribution in [-0.4, -0.2) is 5.78 Å². The standard InChI is InChI=1S/C21H24O/c1-3-13-11-15-7-5-9-20(15)17(13)18-14(4-2)12-16-8-6-10-21(16,18)19(20)22/h3-8,13-18H,1-2,9-12H2/t13-,14-,15+,16+,17-,18-,20-,21-/m0/s1. The minimum absolute atomic E-state index is 0.102. The quantitative estimate of drug-likeness (QED) is 0.692. The Bertz CT molecular complexity index is 586.